The molecule has 1 aliphatic rings. The van der Waals surface area contributed by atoms with Crippen LogP contribution in [0.1, 0.15) is 30.0 Å². The Hall–Kier alpha value is -3.94. The highest BCUT2D eigenvalue weighted by atomic mass is 35.5. The largest absolute Gasteiger partial charge is 0.423 e. The summed E-state index contributed by atoms with van der Waals surface area (Å²) in [7, 11) is 0. The van der Waals surface area contributed by atoms with Crippen molar-refractivity contribution in [3.8, 4) is 11.8 Å². The molecule has 1 aliphatic heterocycles. The van der Waals surface area contributed by atoms with Crippen LogP contribution in [0.3, 0.4) is 0 Å². The van der Waals surface area contributed by atoms with Crippen molar-refractivity contribution in [2.24, 2.45) is 0 Å². The summed E-state index contributed by atoms with van der Waals surface area (Å²) in [5, 5.41) is 13.4. The minimum Gasteiger partial charge on any atom is -0.342 e. The first-order chi connectivity index (χ1) is 17.3. The van der Waals surface area contributed by atoms with Crippen LogP contribution < -0.4 is 5.32 Å². The summed E-state index contributed by atoms with van der Waals surface area (Å²) in [4.78, 5) is 23.2. The summed E-state index contributed by atoms with van der Waals surface area (Å²) in [5.41, 5.74) is -5.75. The van der Waals surface area contributed by atoms with Crippen LogP contribution in [0.25, 0.3) is 0 Å². The standard InChI is InChI=1S/C26H17ClF4N2O4/c1-24(22-19(27)8-5-9-20(22)28)15-25(37-24,13-12-16-6-3-2-4-7-16)23(34)32-17-10-11-21(33(35)36)18(14-17)26(29,30)31/h2-11,14H,15H2,1H3,(H,32,34). The third kappa shape index (κ3) is 5.14. The zero-order valence-corrected chi connectivity index (χ0v) is 19.8. The van der Waals surface area contributed by atoms with Crippen molar-refractivity contribution in [1.82, 2.24) is 0 Å². The SMILES string of the molecule is CC1(c2c(F)cccc2Cl)CC(C#Cc2ccccc2)(C(=O)Nc2ccc([N+](=O)[O-])c(C(F)(F)F)c2)O1. The second-order valence-corrected chi connectivity index (χ2v) is 8.90. The van der Waals surface area contributed by atoms with Gasteiger partial charge in [-0.05, 0) is 43.3 Å². The molecule has 0 radical (unpaired) electrons. The van der Waals surface area contributed by atoms with E-state index >= 15 is 0 Å². The quantitative estimate of drug-likeness (QED) is 0.181. The van der Waals surface area contributed by atoms with Gasteiger partial charge in [-0.3, -0.25) is 14.9 Å². The molecule has 1 saturated heterocycles. The average Bonchev–Trinajstić information content (AvgIpc) is 2.81. The lowest BCUT2D eigenvalue weighted by atomic mass is 9.75. The second kappa shape index (κ2) is 9.50. The predicted octanol–water partition coefficient (Wildman–Crippen LogP) is 6.47. The topological polar surface area (TPSA) is 81.5 Å². The summed E-state index contributed by atoms with van der Waals surface area (Å²) in [6.07, 6.45) is -5.22. The first kappa shape index (κ1) is 26.1. The lowest BCUT2D eigenvalue weighted by Gasteiger charge is -2.51. The molecule has 0 aliphatic carbocycles. The molecule has 1 N–H and O–H groups in total. The van der Waals surface area contributed by atoms with Gasteiger partial charge >= 0.3 is 6.18 Å². The minimum atomic E-state index is -5.04. The van der Waals surface area contributed by atoms with Gasteiger partial charge in [0.2, 0.25) is 5.60 Å². The van der Waals surface area contributed by atoms with Crippen LogP contribution in [-0.2, 0) is 21.3 Å². The summed E-state index contributed by atoms with van der Waals surface area (Å²) < 4.78 is 60.7. The first-order valence-corrected chi connectivity index (χ1v) is 11.1. The van der Waals surface area contributed by atoms with Gasteiger partial charge in [0.05, 0.1) is 4.92 Å². The maximum atomic E-state index is 14.6. The molecule has 6 nitrogen and oxygen atoms in total. The number of alkyl halides is 3. The number of carbonyl (C=O) groups excluding carboxylic acids is 1. The van der Waals surface area contributed by atoms with Crippen LogP contribution in [-0.4, -0.2) is 16.4 Å². The molecule has 11 heteroatoms. The predicted molar refractivity (Wildman–Crippen MR) is 127 cm³/mol. The Morgan fingerprint density at radius 3 is 2.41 bits per heavy atom. The van der Waals surface area contributed by atoms with E-state index in [1.807, 2.05) is 0 Å². The summed E-state index contributed by atoms with van der Waals surface area (Å²) in [6.45, 7) is 1.51. The fraction of sp³-hybridized carbons (Fsp3) is 0.192. The van der Waals surface area contributed by atoms with Gasteiger partial charge in [-0.25, -0.2) is 4.39 Å². The number of hydrogen-bond acceptors (Lipinski definition) is 4. The summed E-state index contributed by atoms with van der Waals surface area (Å²) in [5.74, 6) is 3.94. The van der Waals surface area contributed by atoms with Gasteiger partial charge in [-0.15, -0.1) is 0 Å². The number of benzene rings is 3. The normalized spacial score (nSPS) is 20.8. The highest BCUT2D eigenvalue weighted by Crippen LogP contribution is 2.51. The lowest BCUT2D eigenvalue weighted by molar-refractivity contribution is -0.388. The fourth-order valence-corrected chi connectivity index (χ4v) is 4.54. The summed E-state index contributed by atoms with van der Waals surface area (Å²) >= 11 is 6.18. The molecular weight excluding hydrogens is 516 g/mol. The fourth-order valence-electron chi connectivity index (χ4n) is 4.17. The van der Waals surface area contributed by atoms with E-state index < -0.39 is 45.3 Å². The van der Waals surface area contributed by atoms with Crippen LogP contribution in [0.5, 0.6) is 0 Å². The molecule has 4 rings (SSSR count). The Labute approximate surface area is 213 Å². The molecule has 1 heterocycles. The molecule has 0 saturated carbocycles. The van der Waals surface area contributed by atoms with Crippen LogP contribution >= 0.6 is 11.6 Å². The lowest BCUT2D eigenvalue weighted by Crippen LogP contribution is -2.62. The molecule has 2 atom stereocenters. The maximum Gasteiger partial charge on any atom is 0.423 e. The van der Waals surface area contributed by atoms with Crippen molar-refractivity contribution in [1.29, 1.82) is 0 Å². The molecule has 3 aromatic rings. The number of hydrogen-bond donors (Lipinski definition) is 1. The van der Waals surface area contributed by atoms with Gasteiger partial charge in [0.1, 0.15) is 17.0 Å². The van der Waals surface area contributed by atoms with Crippen molar-refractivity contribution < 1.29 is 32.0 Å². The number of ether oxygens (including phenoxy) is 1. The zero-order valence-electron chi connectivity index (χ0n) is 19.0. The number of rotatable bonds is 4. The second-order valence-electron chi connectivity index (χ2n) is 8.49. The molecule has 1 fully saturated rings. The van der Waals surface area contributed by atoms with E-state index in [9.17, 15) is 32.5 Å². The number of anilines is 1. The van der Waals surface area contributed by atoms with E-state index in [0.29, 0.717) is 17.7 Å². The number of nitro groups is 1. The van der Waals surface area contributed by atoms with E-state index in [1.165, 1.54) is 25.1 Å². The van der Waals surface area contributed by atoms with Crippen LogP contribution in [0.15, 0.2) is 66.7 Å². The maximum absolute atomic E-state index is 14.6. The average molecular weight is 533 g/mol. The van der Waals surface area contributed by atoms with E-state index in [-0.39, 0.29) is 22.7 Å². The van der Waals surface area contributed by atoms with Crippen LogP contribution in [0.2, 0.25) is 5.02 Å². The molecule has 0 aromatic heterocycles. The Morgan fingerprint density at radius 2 is 1.81 bits per heavy atom. The third-order valence-corrected chi connectivity index (χ3v) is 6.10. The van der Waals surface area contributed by atoms with E-state index in [4.69, 9.17) is 16.3 Å². The number of nitrogens with one attached hydrogen (secondary N) is 1. The van der Waals surface area contributed by atoms with Gasteiger partial charge < -0.3 is 10.1 Å². The van der Waals surface area contributed by atoms with E-state index in [2.05, 4.69) is 17.2 Å². The van der Waals surface area contributed by atoms with Crippen molar-refractivity contribution in [3.05, 3.63) is 104 Å². The van der Waals surface area contributed by atoms with Gasteiger partial charge in [0.25, 0.3) is 11.6 Å². The molecular formula is C26H17ClF4N2O4. The number of nitrogens with zero attached hydrogens (tertiary/aromatic N) is 1. The molecule has 0 spiro atoms. The van der Waals surface area contributed by atoms with Crippen molar-refractivity contribution in [3.63, 3.8) is 0 Å². The molecule has 0 bridgehead atoms. The third-order valence-electron chi connectivity index (χ3n) is 5.78. The Balaban J connectivity index is 1.71. The Kier molecular flexibility index (Phi) is 6.71. The smallest absolute Gasteiger partial charge is 0.342 e. The van der Waals surface area contributed by atoms with Crippen LogP contribution in [0.4, 0.5) is 28.9 Å². The zero-order chi connectivity index (χ0) is 27.0. The molecule has 2 unspecified atom stereocenters. The van der Waals surface area contributed by atoms with Crippen LogP contribution in [0, 0.1) is 27.8 Å². The highest BCUT2D eigenvalue weighted by molar-refractivity contribution is 6.31. The molecule has 37 heavy (non-hydrogen) atoms. The number of carbonyl (C=O) groups is 1. The van der Waals surface area contributed by atoms with Crippen molar-refractivity contribution >= 4 is 28.9 Å². The van der Waals surface area contributed by atoms with Gasteiger partial charge in [-0.2, -0.15) is 13.2 Å². The molecule has 3 aromatic carbocycles. The first-order valence-electron chi connectivity index (χ1n) is 10.7. The molecule has 1 amide bonds. The Bertz CT molecular complexity index is 1420. The monoisotopic (exact) mass is 532 g/mol. The van der Waals surface area contributed by atoms with Gasteiger partial charge in [-0.1, -0.05) is 47.7 Å². The Morgan fingerprint density at radius 1 is 1.14 bits per heavy atom. The highest BCUT2D eigenvalue weighted by Gasteiger charge is 2.60. The summed E-state index contributed by atoms with van der Waals surface area (Å²) in [6, 6.07) is 14.7. The number of halogens is 5. The van der Waals surface area contributed by atoms with Crippen molar-refractivity contribution in [2.75, 3.05) is 5.32 Å². The number of amides is 1. The van der Waals surface area contributed by atoms with Gasteiger partial charge in [0.15, 0.2) is 0 Å². The van der Waals surface area contributed by atoms with E-state index in [0.717, 1.165) is 6.07 Å². The minimum absolute atomic E-state index is 0.0105. The molecule has 190 valence electrons. The van der Waals surface area contributed by atoms with Gasteiger partial charge in [0, 0.05) is 34.3 Å². The number of nitro benzene ring substituents is 1. The van der Waals surface area contributed by atoms with Crippen molar-refractivity contribution in [2.45, 2.75) is 30.7 Å². The van der Waals surface area contributed by atoms with E-state index in [1.54, 1.807) is 30.3 Å².